The normalized spacial score (nSPS) is 11.1. The molecule has 0 unspecified atom stereocenters. The van der Waals surface area contributed by atoms with E-state index in [1.165, 1.54) is 5.56 Å². The molecule has 0 aliphatic carbocycles. The van der Waals surface area contributed by atoms with Crippen molar-refractivity contribution < 1.29 is 5.11 Å². The molecule has 130 valence electrons. The van der Waals surface area contributed by atoms with Crippen molar-refractivity contribution in [2.45, 2.75) is 52.7 Å². The maximum absolute atomic E-state index is 11.9. The molecular weight excluding hydrogens is 300 g/mol. The molecule has 0 fully saturated rings. The molecular formula is C20H28N2O2. The molecule has 1 N–H and O–H groups in total. The lowest BCUT2D eigenvalue weighted by molar-refractivity contribution is 0.262. The van der Waals surface area contributed by atoms with E-state index < -0.39 is 0 Å². The summed E-state index contributed by atoms with van der Waals surface area (Å²) in [5.74, 6) is -0.165. The number of aryl methyl sites for hydroxylation is 1. The maximum atomic E-state index is 11.9. The molecule has 0 atom stereocenters. The standard InChI is InChI=1S/C20H28N2O2/c1-3-5-9-12-22-16-20(24)19(23)13-18(22)15-21(4-2)14-17-10-7-6-8-11-17/h6-8,10-11,13,16,24H,3-5,9,12,14-15H2,1-2H3. The number of unbranched alkanes of at least 4 members (excludes halogenated alkanes) is 2. The number of hydrogen-bond donors (Lipinski definition) is 1. The van der Waals surface area contributed by atoms with Crippen LogP contribution < -0.4 is 5.43 Å². The molecule has 24 heavy (non-hydrogen) atoms. The Bertz CT molecular complexity index is 680. The van der Waals surface area contributed by atoms with Crippen LogP contribution in [0, 0.1) is 0 Å². The van der Waals surface area contributed by atoms with Crippen LogP contribution in [0.25, 0.3) is 0 Å². The van der Waals surface area contributed by atoms with Crippen molar-refractivity contribution in [1.29, 1.82) is 0 Å². The van der Waals surface area contributed by atoms with Crippen molar-refractivity contribution in [3.8, 4) is 5.75 Å². The van der Waals surface area contributed by atoms with E-state index >= 15 is 0 Å². The first-order valence-electron chi connectivity index (χ1n) is 8.82. The van der Waals surface area contributed by atoms with Crippen molar-refractivity contribution in [3.05, 3.63) is 64.1 Å². The lowest BCUT2D eigenvalue weighted by atomic mass is 10.2. The van der Waals surface area contributed by atoms with Crippen molar-refractivity contribution in [2.75, 3.05) is 6.54 Å². The van der Waals surface area contributed by atoms with Gasteiger partial charge >= 0.3 is 0 Å². The molecule has 4 nitrogen and oxygen atoms in total. The second kappa shape index (κ2) is 9.28. The van der Waals surface area contributed by atoms with E-state index in [2.05, 4.69) is 30.9 Å². The molecule has 1 heterocycles. The van der Waals surface area contributed by atoms with Crippen LogP contribution in [-0.2, 0) is 19.6 Å². The summed E-state index contributed by atoms with van der Waals surface area (Å²) in [5, 5.41) is 9.76. The Labute approximate surface area is 144 Å². The number of aromatic hydroxyl groups is 1. The van der Waals surface area contributed by atoms with Crippen LogP contribution in [0.4, 0.5) is 0 Å². The van der Waals surface area contributed by atoms with Gasteiger partial charge in [-0.2, -0.15) is 0 Å². The summed E-state index contributed by atoms with van der Waals surface area (Å²) in [7, 11) is 0. The van der Waals surface area contributed by atoms with Crippen LogP contribution in [0.15, 0.2) is 47.4 Å². The summed E-state index contributed by atoms with van der Waals surface area (Å²) in [5.41, 5.74) is 1.93. The average molecular weight is 328 g/mol. The number of benzene rings is 1. The van der Waals surface area contributed by atoms with Crippen molar-refractivity contribution in [3.63, 3.8) is 0 Å². The average Bonchev–Trinajstić information content (AvgIpc) is 2.59. The molecule has 2 rings (SSSR count). The molecule has 0 aliphatic rings. The van der Waals surface area contributed by atoms with Gasteiger partial charge in [0.15, 0.2) is 5.75 Å². The first-order valence-corrected chi connectivity index (χ1v) is 8.82. The largest absolute Gasteiger partial charge is 0.503 e. The minimum absolute atomic E-state index is 0.165. The smallest absolute Gasteiger partial charge is 0.223 e. The van der Waals surface area contributed by atoms with Gasteiger partial charge in [-0.1, -0.05) is 57.0 Å². The van der Waals surface area contributed by atoms with Gasteiger partial charge in [0.25, 0.3) is 0 Å². The van der Waals surface area contributed by atoms with Crippen molar-refractivity contribution in [2.24, 2.45) is 0 Å². The number of rotatable bonds is 9. The lowest BCUT2D eigenvalue weighted by Gasteiger charge is -2.23. The zero-order valence-corrected chi connectivity index (χ0v) is 14.7. The SMILES string of the molecule is CCCCCn1cc(O)c(=O)cc1CN(CC)Cc1ccccc1. The number of pyridine rings is 1. The fourth-order valence-corrected chi connectivity index (χ4v) is 2.83. The van der Waals surface area contributed by atoms with Crippen LogP contribution in [0.5, 0.6) is 5.75 Å². The molecule has 0 aliphatic heterocycles. The fourth-order valence-electron chi connectivity index (χ4n) is 2.83. The van der Waals surface area contributed by atoms with E-state index in [-0.39, 0.29) is 11.2 Å². The third kappa shape index (κ3) is 5.24. The Hall–Kier alpha value is -2.07. The van der Waals surface area contributed by atoms with Crippen LogP contribution in [0.2, 0.25) is 0 Å². The number of hydrogen-bond acceptors (Lipinski definition) is 3. The Balaban J connectivity index is 2.15. The van der Waals surface area contributed by atoms with Gasteiger partial charge in [-0.3, -0.25) is 9.69 Å². The van der Waals surface area contributed by atoms with Gasteiger partial charge in [0.2, 0.25) is 5.43 Å². The van der Waals surface area contributed by atoms with E-state index in [0.717, 1.165) is 44.6 Å². The van der Waals surface area contributed by atoms with E-state index in [1.54, 1.807) is 12.3 Å². The van der Waals surface area contributed by atoms with Gasteiger partial charge in [-0.25, -0.2) is 0 Å². The Morgan fingerprint density at radius 1 is 1.08 bits per heavy atom. The summed E-state index contributed by atoms with van der Waals surface area (Å²) < 4.78 is 2.03. The Kier molecular flexibility index (Phi) is 7.07. The highest BCUT2D eigenvalue weighted by Gasteiger charge is 2.10. The first kappa shape index (κ1) is 18.3. The molecule has 0 saturated carbocycles. The minimum atomic E-state index is -0.299. The van der Waals surface area contributed by atoms with Gasteiger partial charge in [0.05, 0.1) is 6.20 Å². The lowest BCUT2D eigenvalue weighted by Crippen LogP contribution is -2.26. The summed E-state index contributed by atoms with van der Waals surface area (Å²) in [6.45, 7) is 7.58. The molecule has 0 spiro atoms. The van der Waals surface area contributed by atoms with Crippen LogP contribution >= 0.6 is 0 Å². The van der Waals surface area contributed by atoms with Gasteiger partial charge < -0.3 is 9.67 Å². The monoisotopic (exact) mass is 328 g/mol. The summed E-state index contributed by atoms with van der Waals surface area (Å²) in [4.78, 5) is 14.2. The highest BCUT2D eigenvalue weighted by molar-refractivity contribution is 5.21. The topological polar surface area (TPSA) is 45.5 Å². The quantitative estimate of drug-likeness (QED) is 0.713. The zero-order valence-electron chi connectivity index (χ0n) is 14.7. The maximum Gasteiger partial charge on any atom is 0.223 e. The molecule has 0 bridgehead atoms. The third-order valence-corrected chi connectivity index (χ3v) is 4.28. The molecule has 2 aromatic rings. The van der Waals surface area contributed by atoms with Gasteiger partial charge in [0.1, 0.15) is 0 Å². The Morgan fingerprint density at radius 2 is 1.83 bits per heavy atom. The first-order chi connectivity index (χ1) is 11.6. The van der Waals surface area contributed by atoms with E-state index in [4.69, 9.17) is 0 Å². The highest BCUT2D eigenvalue weighted by Crippen LogP contribution is 2.13. The molecule has 0 amide bonds. The molecule has 4 heteroatoms. The predicted molar refractivity (Wildman–Crippen MR) is 98.1 cm³/mol. The highest BCUT2D eigenvalue weighted by atomic mass is 16.3. The zero-order chi connectivity index (χ0) is 17.4. The molecule has 0 radical (unpaired) electrons. The summed E-state index contributed by atoms with van der Waals surface area (Å²) >= 11 is 0. The minimum Gasteiger partial charge on any atom is -0.503 e. The number of aromatic nitrogens is 1. The van der Waals surface area contributed by atoms with Crippen LogP contribution in [0.3, 0.4) is 0 Å². The van der Waals surface area contributed by atoms with Crippen LogP contribution in [0.1, 0.15) is 44.4 Å². The molecule has 1 aromatic carbocycles. The van der Waals surface area contributed by atoms with Crippen molar-refractivity contribution >= 4 is 0 Å². The summed E-state index contributed by atoms with van der Waals surface area (Å²) in [6, 6.07) is 11.9. The van der Waals surface area contributed by atoms with Crippen LogP contribution in [-0.4, -0.2) is 21.1 Å². The predicted octanol–water partition coefficient (Wildman–Crippen LogP) is 3.77. The number of nitrogens with zero attached hydrogens (tertiary/aromatic N) is 2. The van der Waals surface area contributed by atoms with Gasteiger partial charge in [-0.05, 0) is 18.5 Å². The fraction of sp³-hybridized carbons (Fsp3) is 0.450. The van der Waals surface area contributed by atoms with E-state index in [0.29, 0.717) is 6.54 Å². The Morgan fingerprint density at radius 3 is 2.50 bits per heavy atom. The third-order valence-electron chi connectivity index (χ3n) is 4.28. The van der Waals surface area contributed by atoms with Gasteiger partial charge in [0, 0.05) is 31.4 Å². The second-order valence-electron chi connectivity index (χ2n) is 6.20. The second-order valence-corrected chi connectivity index (χ2v) is 6.20. The van der Waals surface area contributed by atoms with E-state index in [9.17, 15) is 9.90 Å². The molecule has 1 aromatic heterocycles. The van der Waals surface area contributed by atoms with Crippen molar-refractivity contribution in [1.82, 2.24) is 9.47 Å². The summed E-state index contributed by atoms with van der Waals surface area (Å²) in [6.07, 6.45) is 4.94. The van der Waals surface area contributed by atoms with Gasteiger partial charge in [-0.15, -0.1) is 0 Å². The van der Waals surface area contributed by atoms with E-state index in [1.807, 2.05) is 22.8 Å². The molecule has 0 saturated heterocycles.